The monoisotopic (exact) mass is 208 g/mol. The normalized spacial score (nSPS) is 25.3. The molecule has 1 aliphatic rings. The zero-order chi connectivity index (χ0) is 10.8. The van der Waals surface area contributed by atoms with Crippen molar-refractivity contribution >= 4 is 0 Å². The molecule has 1 saturated carbocycles. The smallest absolute Gasteiger partial charge is 0.0666 e. The molecule has 84 valence electrons. The average molecular weight is 208 g/mol. The molecule has 0 saturated heterocycles. The van der Waals surface area contributed by atoms with E-state index in [1.54, 1.807) is 0 Å². The number of aromatic nitrogens is 2. The predicted octanol–water partition coefficient (Wildman–Crippen LogP) is 0.562. The van der Waals surface area contributed by atoms with Gasteiger partial charge in [-0.3, -0.25) is 4.68 Å². The first-order valence-electron chi connectivity index (χ1n) is 5.69. The van der Waals surface area contributed by atoms with Gasteiger partial charge in [-0.25, -0.2) is 0 Å². The van der Waals surface area contributed by atoms with Crippen molar-refractivity contribution in [2.75, 3.05) is 0 Å². The van der Waals surface area contributed by atoms with Crippen LogP contribution in [0.2, 0.25) is 0 Å². The van der Waals surface area contributed by atoms with Crippen LogP contribution in [0, 0.1) is 0 Å². The van der Waals surface area contributed by atoms with Crippen LogP contribution in [0.5, 0.6) is 0 Å². The van der Waals surface area contributed by atoms with Crippen LogP contribution in [0.1, 0.15) is 31.0 Å². The molecular formula is C11H20N4. The second kappa shape index (κ2) is 4.33. The molecule has 0 aromatic carbocycles. The van der Waals surface area contributed by atoms with Crippen LogP contribution >= 0.6 is 0 Å². The number of nitrogens with zero attached hydrogens (tertiary/aromatic N) is 2. The zero-order valence-electron chi connectivity index (χ0n) is 9.53. The summed E-state index contributed by atoms with van der Waals surface area (Å²) in [5.41, 5.74) is 8.26. The SMILES string of the molecule is CCc1nn(C)cc1CNC1CC(N)C1. The first-order valence-corrected chi connectivity index (χ1v) is 5.69. The fourth-order valence-electron chi connectivity index (χ4n) is 2.11. The summed E-state index contributed by atoms with van der Waals surface area (Å²) in [5.74, 6) is 0. The van der Waals surface area contributed by atoms with Gasteiger partial charge in [0.1, 0.15) is 0 Å². The number of nitrogens with two attached hydrogens (primary N) is 1. The van der Waals surface area contributed by atoms with Gasteiger partial charge in [-0.05, 0) is 19.3 Å². The van der Waals surface area contributed by atoms with Crippen molar-refractivity contribution in [3.05, 3.63) is 17.5 Å². The Kier molecular flexibility index (Phi) is 3.07. The van der Waals surface area contributed by atoms with E-state index in [2.05, 4.69) is 23.5 Å². The summed E-state index contributed by atoms with van der Waals surface area (Å²) < 4.78 is 1.89. The lowest BCUT2D eigenvalue weighted by Gasteiger charge is -2.33. The van der Waals surface area contributed by atoms with E-state index < -0.39 is 0 Å². The van der Waals surface area contributed by atoms with Crippen LogP contribution in [-0.2, 0) is 20.0 Å². The van der Waals surface area contributed by atoms with Crippen LogP contribution in [0.15, 0.2) is 6.20 Å². The molecule has 0 bridgehead atoms. The highest BCUT2D eigenvalue weighted by Gasteiger charge is 2.25. The van der Waals surface area contributed by atoms with Crippen LogP contribution in [-0.4, -0.2) is 21.9 Å². The van der Waals surface area contributed by atoms with Gasteiger partial charge in [-0.1, -0.05) is 6.92 Å². The van der Waals surface area contributed by atoms with Crippen molar-refractivity contribution in [3.63, 3.8) is 0 Å². The van der Waals surface area contributed by atoms with Crippen LogP contribution in [0.25, 0.3) is 0 Å². The maximum Gasteiger partial charge on any atom is 0.0666 e. The van der Waals surface area contributed by atoms with Crippen LogP contribution in [0.3, 0.4) is 0 Å². The Morgan fingerprint density at radius 2 is 2.33 bits per heavy atom. The predicted molar refractivity (Wildman–Crippen MR) is 60.4 cm³/mol. The second-order valence-corrected chi connectivity index (χ2v) is 4.44. The third-order valence-electron chi connectivity index (χ3n) is 3.08. The number of rotatable bonds is 4. The molecule has 0 radical (unpaired) electrons. The summed E-state index contributed by atoms with van der Waals surface area (Å²) >= 11 is 0. The van der Waals surface area contributed by atoms with Gasteiger partial charge in [-0.2, -0.15) is 5.10 Å². The van der Waals surface area contributed by atoms with E-state index in [0.717, 1.165) is 25.8 Å². The summed E-state index contributed by atoms with van der Waals surface area (Å²) in [5, 5.41) is 7.94. The minimum absolute atomic E-state index is 0.419. The number of hydrogen-bond acceptors (Lipinski definition) is 3. The van der Waals surface area contributed by atoms with E-state index in [4.69, 9.17) is 5.73 Å². The Hall–Kier alpha value is -0.870. The largest absolute Gasteiger partial charge is 0.328 e. The summed E-state index contributed by atoms with van der Waals surface area (Å²) in [6, 6.07) is 1.03. The van der Waals surface area contributed by atoms with Gasteiger partial charge < -0.3 is 11.1 Å². The summed E-state index contributed by atoms with van der Waals surface area (Å²) in [6.45, 7) is 3.07. The molecule has 0 unspecified atom stereocenters. The lowest BCUT2D eigenvalue weighted by atomic mass is 9.87. The van der Waals surface area contributed by atoms with Gasteiger partial charge in [0.15, 0.2) is 0 Å². The highest BCUT2D eigenvalue weighted by molar-refractivity contribution is 5.17. The molecule has 0 atom stereocenters. The standard InChI is InChI=1S/C11H20N4/c1-3-11-8(7-15(2)14-11)6-13-10-4-9(12)5-10/h7,9-10,13H,3-6,12H2,1-2H3. The van der Waals surface area contributed by atoms with E-state index in [1.807, 2.05) is 11.7 Å². The van der Waals surface area contributed by atoms with Gasteiger partial charge in [0, 0.05) is 37.4 Å². The van der Waals surface area contributed by atoms with E-state index in [1.165, 1.54) is 11.3 Å². The van der Waals surface area contributed by atoms with Crippen molar-refractivity contribution < 1.29 is 0 Å². The molecule has 1 fully saturated rings. The molecule has 4 nitrogen and oxygen atoms in total. The van der Waals surface area contributed by atoms with E-state index in [-0.39, 0.29) is 0 Å². The van der Waals surface area contributed by atoms with E-state index in [0.29, 0.717) is 12.1 Å². The Bertz CT molecular complexity index is 325. The highest BCUT2D eigenvalue weighted by atomic mass is 15.3. The van der Waals surface area contributed by atoms with Gasteiger partial charge in [0.2, 0.25) is 0 Å². The molecular weight excluding hydrogens is 188 g/mol. The van der Waals surface area contributed by atoms with Crippen molar-refractivity contribution in [2.45, 2.75) is 44.8 Å². The molecule has 1 aliphatic carbocycles. The number of aryl methyl sites for hydroxylation is 2. The second-order valence-electron chi connectivity index (χ2n) is 4.44. The summed E-state index contributed by atoms with van der Waals surface area (Å²) in [6.07, 6.45) is 5.33. The van der Waals surface area contributed by atoms with Crippen molar-refractivity contribution in [1.29, 1.82) is 0 Å². The minimum atomic E-state index is 0.419. The molecule has 2 rings (SSSR count). The van der Waals surface area contributed by atoms with Crippen LogP contribution < -0.4 is 11.1 Å². The summed E-state index contributed by atoms with van der Waals surface area (Å²) in [7, 11) is 1.97. The topological polar surface area (TPSA) is 55.9 Å². The molecule has 0 amide bonds. The lowest BCUT2D eigenvalue weighted by Crippen LogP contribution is -2.48. The van der Waals surface area contributed by atoms with Crippen molar-refractivity contribution in [2.24, 2.45) is 12.8 Å². The van der Waals surface area contributed by atoms with Gasteiger partial charge in [0.25, 0.3) is 0 Å². The molecule has 1 aromatic heterocycles. The third-order valence-corrected chi connectivity index (χ3v) is 3.08. The molecule has 3 N–H and O–H groups in total. The molecule has 4 heteroatoms. The maximum absolute atomic E-state index is 5.74. The third kappa shape index (κ3) is 2.38. The number of hydrogen-bond donors (Lipinski definition) is 2. The fraction of sp³-hybridized carbons (Fsp3) is 0.727. The Labute approximate surface area is 90.8 Å². The maximum atomic E-state index is 5.74. The fourth-order valence-corrected chi connectivity index (χ4v) is 2.11. The van der Waals surface area contributed by atoms with E-state index >= 15 is 0 Å². The molecule has 0 aliphatic heterocycles. The molecule has 1 heterocycles. The first kappa shape index (κ1) is 10.6. The van der Waals surface area contributed by atoms with Crippen molar-refractivity contribution in [1.82, 2.24) is 15.1 Å². The minimum Gasteiger partial charge on any atom is -0.328 e. The average Bonchev–Trinajstić information content (AvgIpc) is 2.52. The van der Waals surface area contributed by atoms with Crippen LogP contribution in [0.4, 0.5) is 0 Å². The molecule has 1 aromatic rings. The van der Waals surface area contributed by atoms with Gasteiger partial charge >= 0.3 is 0 Å². The van der Waals surface area contributed by atoms with Crippen molar-refractivity contribution in [3.8, 4) is 0 Å². The quantitative estimate of drug-likeness (QED) is 0.760. The first-order chi connectivity index (χ1) is 7.19. The number of nitrogens with one attached hydrogen (secondary N) is 1. The molecule has 15 heavy (non-hydrogen) atoms. The molecule has 0 spiro atoms. The lowest BCUT2D eigenvalue weighted by molar-refractivity contribution is 0.290. The Morgan fingerprint density at radius 3 is 2.93 bits per heavy atom. The van der Waals surface area contributed by atoms with E-state index in [9.17, 15) is 0 Å². The van der Waals surface area contributed by atoms with Gasteiger partial charge in [-0.15, -0.1) is 0 Å². The summed E-state index contributed by atoms with van der Waals surface area (Å²) in [4.78, 5) is 0. The Balaban J connectivity index is 1.87. The Morgan fingerprint density at radius 1 is 1.60 bits per heavy atom. The zero-order valence-corrected chi connectivity index (χ0v) is 9.53. The highest BCUT2D eigenvalue weighted by Crippen LogP contribution is 2.18. The van der Waals surface area contributed by atoms with Gasteiger partial charge in [0.05, 0.1) is 5.69 Å².